The first kappa shape index (κ1) is 16.4. The van der Waals surface area contributed by atoms with Gasteiger partial charge < -0.3 is 10.4 Å². The fourth-order valence-corrected chi connectivity index (χ4v) is 2.63. The maximum Gasteiger partial charge on any atom is 0.238 e. The highest BCUT2D eigenvalue weighted by Crippen LogP contribution is 2.19. The normalized spacial score (nSPS) is 16.9. The molecule has 1 aliphatic rings. The number of hydrogen-bond donors (Lipinski definition) is 2. The van der Waals surface area contributed by atoms with Gasteiger partial charge in [0.25, 0.3) is 0 Å². The molecule has 2 N–H and O–H groups in total. The first-order valence-electron chi connectivity index (χ1n) is 6.89. The lowest BCUT2D eigenvalue weighted by Gasteiger charge is -2.33. The molecule has 116 valence electrons. The fraction of sp³-hybridized carbons (Fsp3) is 0.500. The van der Waals surface area contributed by atoms with E-state index in [1.807, 2.05) is 4.90 Å². The number of rotatable bonds is 5. The Bertz CT molecular complexity index is 493. The number of β-amino-alcohol motifs (C(OH)–C–C–N with tert-alkyl or cyclic N) is 1. The van der Waals surface area contributed by atoms with Gasteiger partial charge in [-0.15, -0.1) is 0 Å². The van der Waals surface area contributed by atoms with Crippen molar-refractivity contribution in [1.29, 1.82) is 0 Å². The number of anilines is 1. The van der Waals surface area contributed by atoms with Crippen LogP contribution in [-0.4, -0.2) is 66.7 Å². The number of carbonyl (C=O) groups is 1. The minimum atomic E-state index is -0.453. The quantitative estimate of drug-likeness (QED) is 0.827. The summed E-state index contributed by atoms with van der Waals surface area (Å²) in [5.74, 6) is -0.669. The summed E-state index contributed by atoms with van der Waals surface area (Å²) in [6.45, 7) is 4.30. The number of hydrogen-bond acceptors (Lipinski definition) is 4. The summed E-state index contributed by atoms with van der Waals surface area (Å²) in [5.41, 5.74) is 0.196. The summed E-state index contributed by atoms with van der Waals surface area (Å²) < 4.78 is 14.3. The molecule has 1 fully saturated rings. The number of halogens is 2. The van der Waals surface area contributed by atoms with Gasteiger partial charge in [-0.1, -0.05) is 15.9 Å². The third kappa shape index (κ3) is 5.03. The fourth-order valence-electron chi connectivity index (χ4n) is 2.30. The van der Waals surface area contributed by atoms with Gasteiger partial charge in [0, 0.05) is 37.2 Å². The zero-order valence-corrected chi connectivity index (χ0v) is 13.3. The Balaban J connectivity index is 1.80. The Kier molecular flexibility index (Phi) is 6.10. The number of benzene rings is 1. The van der Waals surface area contributed by atoms with Gasteiger partial charge in [-0.05, 0) is 18.2 Å². The van der Waals surface area contributed by atoms with Crippen LogP contribution in [0.15, 0.2) is 22.7 Å². The molecule has 1 heterocycles. The minimum absolute atomic E-state index is 0.156. The van der Waals surface area contributed by atoms with E-state index in [-0.39, 0.29) is 24.7 Å². The Morgan fingerprint density at radius 2 is 1.95 bits per heavy atom. The maximum absolute atomic E-state index is 13.6. The predicted octanol–water partition coefficient (Wildman–Crippen LogP) is 1.14. The summed E-state index contributed by atoms with van der Waals surface area (Å²) in [6.07, 6.45) is 0. The number of nitrogens with one attached hydrogen (secondary N) is 1. The molecule has 1 aromatic carbocycles. The van der Waals surface area contributed by atoms with E-state index in [0.717, 1.165) is 26.2 Å². The van der Waals surface area contributed by atoms with Gasteiger partial charge in [0.1, 0.15) is 5.82 Å². The van der Waals surface area contributed by atoms with Crippen LogP contribution in [0.4, 0.5) is 10.1 Å². The topological polar surface area (TPSA) is 55.8 Å². The number of aliphatic hydroxyl groups excluding tert-OH is 1. The largest absolute Gasteiger partial charge is 0.395 e. The zero-order valence-electron chi connectivity index (χ0n) is 11.7. The average molecular weight is 360 g/mol. The van der Waals surface area contributed by atoms with Gasteiger partial charge in [0.05, 0.1) is 18.8 Å². The van der Waals surface area contributed by atoms with Crippen molar-refractivity contribution in [3.05, 3.63) is 28.5 Å². The van der Waals surface area contributed by atoms with Gasteiger partial charge in [0.15, 0.2) is 0 Å². The summed E-state index contributed by atoms with van der Waals surface area (Å²) in [4.78, 5) is 16.1. The summed E-state index contributed by atoms with van der Waals surface area (Å²) in [6, 6.07) is 4.55. The van der Waals surface area contributed by atoms with E-state index in [2.05, 4.69) is 26.1 Å². The van der Waals surface area contributed by atoms with Crippen molar-refractivity contribution in [3.63, 3.8) is 0 Å². The molecule has 0 atom stereocenters. The maximum atomic E-state index is 13.6. The van der Waals surface area contributed by atoms with Crippen LogP contribution in [0.5, 0.6) is 0 Å². The smallest absolute Gasteiger partial charge is 0.238 e. The van der Waals surface area contributed by atoms with Crippen molar-refractivity contribution in [3.8, 4) is 0 Å². The average Bonchev–Trinajstić information content (AvgIpc) is 2.44. The van der Waals surface area contributed by atoms with E-state index >= 15 is 0 Å². The lowest BCUT2D eigenvalue weighted by Crippen LogP contribution is -2.49. The molecule has 21 heavy (non-hydrogen) atoms. The van der Waals surface area contributed by atoms with Crippen LogP contribution in [0.2, 0.25) is 0 Å². The Labute approximate surface area is 131 Å². The van der Waals surface area contributed by atoms with Gasteiger partial charge >= 0.3 is 0 Å². The SMILES string of the molecule is O=C(CN1CCN(CCO)CC1)Nc1ccc(Br)cc1F. The molecule has 1 saturated heterocycles. The molecule has 7 heteroatoms. The molecule has 0 unspecified atom stereocenters. The zero-order chi connectivity index (χ0) is 15.2. The van der Waals surface area contributed by atoms with Crippen LogP contribution in [0.25, 0.3) is 0 Å². The lowest BCUT2D eigenvalue weighted by molar-refractivity contribution is -0.117. The first-order valence-corrected chi connectivity index (χ1v) is 7.68. The number of aliphatic hydroxyl groups is 1. The van der Waals surface area contributed by atoms with Crippen molar-refractivity contribution >= 4 is 27.5 Å². The van der Waals surface area contributed by atoms with E-state index in [9.17, 15) is 9.18 Å². The summed E-state index contributed by atoms with van der Waals surface area (Å²) in [5, 5.41) is 11.5. The third-order valence-corrected chi connectivity index (χ3v) is 3.95. The van der Waals surface area contributed by atoms with Crippen LogP contribution in [0.1, 0.15) is 0 Å². The lowest BCUT2D eigenvalue weighted by atomic mass is 10.3. The summed E-state index contributed by atoms with van der Waals surface area (Å²) >= 11 is 3.18. The van der Waals surface area contributed by atoms with E-state index in [0.29, 0.717) is 11.0 Å². The number of piperazine rings is 1. The number of carbonyl (C=O) groups excluding carboxylic acids is 1. The Morgan fingerprint density at radius 3 is 2.57 bits per heavy atom. The second-order valence-corrected chi connectivity index (χ2v) is 5.93. The molecule has 0 bridgehead atoms. The molecule has 0 spiro atoms. The molecule has 5 nitrogen and oxygen atoms in total. The third-order valence-electron chi connectivity index (χ3n) is 3.45. The molecule has 1 aromatic rings. The van der Waals surface area contributed by atoms with Crippen LogP contribution < -0.4 is 5.32 Å². The molecule has 0 aromatic heterocycles. The number of amides is 1. The van der Waals surface area contributed by atoms with Crippen molar-refractivity contribution < 1.29 is 14.3 Å². The molecule has 0 saturated carbocycles. The second-order valence-electron chi connectivity index (χ2n) is 5.01. The number of nitrogens with zero attached hydrogens (tertiary/aromatic N) is 2. The monoisotopic (exact) mass is 359 g/mol. The van der Waals surface area contributed by atoms with E-state index in [1.165, 1.54) is 12.1 Å². The van der Waals surface area contributed by atoms with E-state index in [4.69, 9.17) is 5.11 Å². The molecule has 0 radical (unpaired) electrons. The molecule has 1 aliphatic heterocycles. The Hall–Kier alpha value is -1.02. The van der Waals surface area contributed by atoms with Crippen molar-refractivity contribution in [2.45, 2.75) is 0 Å². The van der Waals surface area contributed by atoms with Crippen molar-refractivity contribution in [2.24, 2.45) is 0 Å². The highest BCUT2D eigenvalue weighted by molar-refractivity contribution is 9.10. The van der Waals surface area contributed by atoms with E-state index in [1.54, 1.807) is 6.07 Å². The van der Waals surface area contributed by atoms with Crippen molar-refractivity contribution in [1.82, 2.24) is 9.80 Å². The summed E-state index contributed by atoms with van der Waals surface area (Å²) in [7, 11) is 0. The molecule has 2 rings (SSSR count). The van der Waals surface area contributed by atoms with Crippen LogP contribution in [0, 0.1) is 5.82 Å². The van der Waals surface area contributed by atoms with Crippen LogP contribution in [-0.2, 0) is 4.79 Å². The predicted molar refractivity (Wildman–Crippen MR) is 82.7 cm³/mol. The Morgan fingerprint density at radius 1 is 1.29 bits per heavy atom. The highest BCUT2D eigenvalue weighted by atomic mass is 79.9. The van der Waals surface area contributed by atoms with Gasteiger partial charge in [-0.3, -0.25) is 14.6 Å². The standard InChI is InChI=1S/C14H19BrFN3O2/c15-11-1-2-13(12(16)9-11)17-14(21)10-19-5-3-18(4-6-19)7-8-20/h1-2,9,20H,3-8,10H2,(H,17,21). The van der Waals surface area contributed by atoms with E-state index < -0.39 is 5.82 Å². The van der Waals surface area contributed by atoms with Gasteiger partial charge in [0.2, 0.25) is 5.91 Å². The molecular formula is C14H19BrFN3O2. The molecule has 1 amide bonds. The van der Waals surface area contributed by atoms with Gasteiger partial charge in [-0.25, -0.2) is 4.39 Å². The first-order chi connectivity index (χ1) is 10.1. The van der Waals surface area contributed by atoms with Crippen LogP contribution in [0.3, 0.4) is 0 Å². The molecular weight excluding hydrogens is 341 g/mol. The van der Waals surface area contributed by atoms with Gasteiger partial charge in [-0.2, -0.15) is 0 Å². The van der Waals surface area contributed by atoms with Crippen LogP contribution >= 0.6 is 15.9 Å². The highest BCUT2D eigenvalue weighted by Gasteiger charge is 2.18. The molecule has 0 aliphatic carbocycles. The second kappa shape index (κ2) is 7.84. The minimum Gasteiger partial charge on any atom is -0.395 e. The van der Waals surface area contributed by atoms with Crippen molar-refractivity contribution in [2.75, 3.05) is 51.2 Å².